The zero-order chi connectivity index (χ0) is 5.86. The summed E-state index contributed by atoms with van der Waals surface area (Å²) in [6.45, 7) is 1.33. The Morgan fingerprint density at radius 2 is 1.62 bits per heavy atom. The van der Waals surface area contributed by atoms with Crippen LogP contribution in [0.1, 0.15) is 13.3 Å². The predicted octanol–water partition coefficient (Wildman–Crippen LogP) is 2.90. The summed E-state index contributed by atoms with van der Waals surface area (Å²) in [5, 5.41) is 0. The van der Waals surface area contributed by atoms with E-state index < -0.39 is 11.9 Å². The third-order valence-corrected chi connectivity index (χ3v) is 0.515. The van der Waals surface area contributed by atoms with Crippen molar-refractivity contribution in [1.29, 1.82) is 0 Å². The van der Waals surface area contributed by atoms with Crippen molar-refractivity contribution in [2.45, 2.75) is 13.3 Å². The molecule has 0 fully saturated rings. The van der Waals surface area contributed by atoms with Gasteiger partial charge in [0, 0.05) is 6.42 Å². The molecule has 0 amide bonds. The molecule has 0 N–H and O–H groups in total. The fourth-order valence-electron chi connectivity index (χ4n) is 0.134. The van der Waals surface area contributed by atoms with Crippen LogP contribution in [0.3, 0.4) is 0 Å². The minimum absolute atomic E-state index is 0. The molecule has 0 saturated carbocycles. The molecular weight excluding hydrogens is 140 g/mol. The first-order chi connectivity index (χ1) is 3.18. The van der Waals surface area contributed by atoms with Gasteiger partial charge in [0.1, 0.15) is 0 Å². The van der Waals surface area contributed by atoms with Crippen LogP contribution in [-0.4, -0.2) is 0 Å². The van der Waals surface area contributed by atoms with E-state index in [2.05, 4.69) is 0 Å². The Morgan fingerprint density at radius 1 is 1.25 bits per heavy atom. The maximum atomic E-state index is 11.4. The highest BCUT2D eigenvalue weighted by Crippen LogP contribution is 2.10. The van der Waals surface area contributed by atoms with Crippen molar-refractivity contribution in [3.63, 3.8) is 0 Å². The molecule has 0 atom stereocenters. The number of hydrogen-bond donors (Lipinski definition) is 0. The molecule has 0 aliphatic rings. The van der Waals surface area contributed by atoms with Crippen molar-refractivity contribution in [1.82, 2.24) is 0 Å². The predicted molar refractivity (Wildman–Crippen MR) is 27.9 cm³/mol. The average Bonchev–Trinajstić information content (AvgIpc) is 1.65. The summed E-state index contributed by atoms with van der Waals surface area (Å²) in [5.41, 5.74) is 0. The van der Waals surface area contributed by atoms with E-state index in [1.807, 2.05) is 0 Å². The summed E-state index contributed by atoms with van der Waals surface area (Å²) in [7, 11) is 0. The largest absolute Gasteiger partial charge is 0.301 e. The van der Waals surface area contributed by atoms with E-state index in [0.29, 0.717) is 0 Å². The molecule has 4 heteroatoms. The van der Waals surface area contributed by atoms with Crippen molar-refractivity contribution in [3.8, 4) is 0 Å². The lowest BCUT2D eigenvalue weighted by Gasteiger charge is -1.81. The van der Waals surface area contributed by atoms with Crippen LogP contribution in [-0.2, 0) is 0 Å². The molecule has 0 saturated heterocycles. The van der Waals surface area contributed by atoms with Crippen molar-refractivity contribution < 1.29 is 13.2 Å². The molecule has 0 unspecified atom stereocenters. The molecule has 0 rings (SSSR count). The monoisotopic (exact) mass is 146 g/mol. The summed E-state index contributed by atoms with van der Waals surface area (Å²) in [4.78, 5) is 0. The van der Waals surface area contributed by atoms with Crippen LogP contribution >= 0.6 is 12.4 Å². The Bertz CT molecular complexity index is 85.3. The molecule has 0 aromatic rings. The minimum atomic E-state index is -2.21. The molecule has 0 aliphatic carbocycles. The molecule has 0 radical (unpaired) electrons. The number of halogens is 4. The zero-order valence-corrected chi connectivity index (χ0v) is 5.07. The standard InChI is InChI=1S/C4H5F3.ClH/c1-2-3(5)4(6)7;/h2H2,1H3;1H. The molecule has 0 bridgehead atoms. The van der Waals surface area contributed by atoms with Gasteiger partial charge in [0.05, 0.1) is 0 Å². The van der Waals surface area contributed by atoms with Crippen LogP contribution in [0.2, 0.25) is 0 Å². The normalized spacial score (nSPS) is 7.50. The topological polar surface area (TPSA) is 0 Å². The van der Waals surface area contributed by atoms with Crippen molar-refractivity contribution in [2.75, 3.05) is 0 Å². The first kappa shape index (κ1) is 10.7. The summed E-state index contributed by atoms with van der Waals surface area (Å²) in [5.74, 6) is -1.32. The van der Waals surface area contributed by atoms with Gasteiger partial charge in [0.2, 0.25) is 0 Å². The Balaban J connectivity index is 0. The van der Waals surface area contributed by atoms with E-state index in [-0.39, 0.29) is 18.8 Å². The van der Waals surface area contributed by atoms with E-state index in [4.69, 9.17) is 0 Å². The fourth-order valence-corrected chi connectivity index (χ4v) is 0.134. The first-order valence-corrected chi connectivity index (χ1v) is 1.88. The highest BCUT2D eigenvalue weighted by Gasteiger charge is 1.98. The smallest absolute Gasteiger partial charge is 0.206 e. The van der Waals surface area contributed by atoms with E-state index in [9.17, 15) is 13.2 Å². The Hall–Kier alpha value is -0.180. The van der Waals surface area contributed by atoms with Crippen LogP contribution in [0.5, 0.6) is 0 Å². The van der Waals surface area contributed by atoms with Gasteiger partial charge in [-0.3, -0.25) is 0 Å². The highest BCUT2D eigenvalue weighted by atomic mass is 35.5. The number of allylic oxidation sites excluding steroid dienone is 1. The summed E-state index contributed by atoms with van der Waals surface area (Å²) >= 11 is 0. The lowest BCUT2D eigenvalue weighted by molar-refractivity contribution is 0.373. The minimum Gasteiger partial charge on any atom is -0.206 e. The van der Waals surface area contributed by atoms with E-state index in [1.54, 1.807) is 0 Å². The van der Waals surface area contributed by atoms with Gasteiger partial charge in [-0.15, -0.1) is 12.4 Å². The molecule has 0 heterocycles. The van der Waals surface area contributed by atoms with Crippen LogP contribution < -0.4 is 0 Å². The summed E-state index contributed by atoms with van der Waals surface area (Å²) in [6, 6.07) is 0. The Labute approximate surface area is 51.8 Å². The second-order valence-corrected chi connectivity index (χ2v) is 1.02. The highest BCUT2D eigenvalue weighted by molar-refractivity contribution is 5.85. The number of rotatable bonds is 1. The molecular formula is C4H6ClF3. The van der Waals surface area contributed by atoms with Gasteiger partial charge in [-0.05, 0) is 0 Å². The average molecular weight is 147 g/mol. The summed E-state index contributed by atoms with van der Waals surface area (Å²) < 4.78 is 33.3. The van der Waals surface area contributed by atoms with Gasteiger partial charge >= 0.3 is 6.08 Å². The Morgan fingerprint density at radius 3 is 1.62 bits per heavy atom. The molecule has 0 aromatic heterocycles. The van der Waals surface area contributed by atoms with Crippen LogP contribution in [0.4, 0.5) is 13.2 Å². The molecule has 0 aromatic carbocycles. The molecule has 0 spiro atoms. The van der Waals surface area contributed by atoms with Crippen LogP contribution in [0, 0.1) is 0 Å². The van der Waals surface area contributed by atoms with Crippen molar-refractivity contribution in [3.05, 3.63) is 11.9 Å². The quantitative estimate of drug-likeness (QED) is 0.534. The van der Waals surface area contributed by atoms with Gasteiger partial charge < -0.3 is 0 Å². The SMILES string of the molecule is CCC(F)=C(F)F.Cl. The third-order valence-electron chi connectivity index (χ3n) is 0.515. The van der Waals surface area contributed by atoms with Crippen LogP contribution in [0.25, 0.3) is 0 Å². The maximum absolute atomic E-state index is 11.4. The molecule has 0 aliphatic heterocycles. The molecule has 50 valence electrons. The summed E-state index contributed by atoms with van der Waals surface area (Å²) in [6.07, 6.45) is -2.43. The molecule has 0 nitrogen and oxygen atoms in total. The zero-order valence-electron chi connectivity index (χ0n) is 4.25. The van der Waals surface area contributed by atoms with Crippen molar-refractivity contribution >= 4 is 12.4 Å². The van der Waals surface area contributed by atoms with Gasteiger partial charge in [-0.25, -0.2) is 4.39 Å². The van der Waals surface area contributed by atoms with E-state index in [0.717, 1.165) is 0 Å². The molecule has 8 heavy (non-hydrogen) atoms. The van der Waals surface area contributed by atoms with Gasteiger partial charge in [-0.2, -0.15) is 8.78 Å². The van der Waals surface area contributed by atoms with E-state index in [1.165, 1.54) is 6.92 Å². The fraction of sp³-hybridized carbons (Fsp3) is 0.500. The lowest BCUT2D eigenvalue weighted by Crippen LogP contribution is -1.68. The van der Waals surface area contributed by atoms with E-state index >= 15 is 0 Å². The lowest BCUT2D eigenvalue weighted by atomic mass is 10.4. The van der Waals surface area contributed by atoms with Crippen molar-refractivity contribution in [2.24, 2.45) is 0 Å². The van der Waals surface area contributed by atoms with Gasteiger partial charge in [-0.1, -0.05) is 6.92 Å². The van der Waals surface area contributed by atoms with Crippen LogP contribution in [0.15, 0.2) is 11.9 Å². The first-order valence-electron chi connectivity index (χ1n) is 1.88. The Kier molecular flexibility index (Phi) is 6.67. The second-order valence-electron chi connectivity index (χ2n) is 1.02. The maximum Gasteiger partial charge on any atom is 0.301 e. The second kappa shape index (κ2) is 4.97. The van der Waals surface area contributed by atoms with Gasteiger partial charge in [0.25, 0.3) is 0 Å². The third kappa shape index (κ3) is 3.99. The number of hydrogen-bond acceptors (Lipinski definition) is 0. The van der Waals surface area contributed by atoms with Gasteiger partial charge in [0.15, 0.2) is 5.83 Å².